The molecule has 0 saturated heterocycles. The Labute approximate surface area is 165 Å². The molecule has 0 atom stereocenters. The monoisotopic (exact) mass is 373 g/mol. The predicted molar refractivity (Wildman–Crippen MR) is 110 cm³/mol. The first-order chi connectivity index (χ1) is 13.6. The fraction of sp³-hybridized carbons (Fsp3) is 0.174. The van der Waals surface area contributed by atoms with Gasteiger partial charge in [0.1, 0.15) is 5.69 Å². The van der Waals surface area contributed by atoms with Gasteiger partial charge in [0, 0.05) is 37.6 Å². The molecular formula is C23H23N3O2. The fourth-order valence-electron chi connectivity index (χ4n) is 3.02. The Morgan fingerprint density at radius 1 is 0.893 bits per heavy atom. The van der Waals surface area contributed by atoms with Crippen molar-refractivity contribution in [1.29, 1.82) is 0 Å². The van der Waals surface area contributed by atoms with Crippen molar-refractivity contribution in [3.8, 4) is 0 Å². The van der Waals surface area contributed by atoms with Gasteiger partial charge in [0.2, 0.25) is 0 Å². The molecule has 0 aliphatic carbocycles. The summed E-state index contributed by atoms with van der Waals surface area (Å²) in [6, 6.07) is 22.4. The van der Waals surface area contributed by atoms with Gasteiger partial charge in [0.15, 0.2) is 0 Å². The molecule has 5 nitrogen and oxygen atoms in total. The lowest BCUT2D eigenvalue weighted by atomic mass is 10.1. The third kappa shape index (κ3) is 4.43. The van der Waals surface area contributed by atoms with E-state index in [0.29, 0.717) is 18.7 Å². The van der Waals surface area contributed by atoms with Gasteiger partial charge in [-0.25, -0.2) is 0 Å². The van der Waals surface area contributed by atoms with Crippen LogP contribution in [0, 0.1) is 0 Å². The lowest BCUT2D eigenvalue weighted by Gasteiger charge is -2.21. The number of amides is 2. The number of benzene rings is 2. The highest BCUT2D eigenvalue weighted by Gasteiger charge is 2.20. The average Bonchev–Trinajstić information content (AvgIpc) is 2.75. The number of para-hydroxylation sites is 1. The topological polar surface area (TPSA) is 53.5 Å². The summed E-state index contributed by atoms with van der Waals surface area (Å²) in [7, 11) is 1.75. The standard InChI is InChI=1S/C23H23N3O2/c1-3-26(20-12-8-5-9-13-20)23(28)21-16-19(14-15-24-21)22(27)25(2)17-18-10-6-4-7-11-18/h4-16H,3,17H2,1-2H3. The molecule has 0 aliphatic heterocycles. The third-order valence-corrected chi connectivity index (χ3v) is 4.46. The maximum atomic E-state index is 13.0. The zero-order chi connectivity index (χ0) is 19.9. The molecule has 5 heteroatoms. The second-order valence-electron chi connectivity index (χ2n) is 6.46. The number of carbonyl (C=O) groups excluding carboxylic acids is 2. The Balaban J connectivity index is 1.79. The lowest BCUT2D eigenvalue weighted by Crippen LogP contribution is -2.32. The SMILES string of the molecule is CCN(C(=O)c1cc(C(=O)N(C)Cc2ccccc2)ccn1)c1ccccc1. The molecule has 0 spiro atoms. The van der Waals surface area contributed by atoms with Crippen molar-refractivity contribution >= 4 is 17.5 Å². The molecule has 142 valence electrons. The molecule has 0 N–H and O–H groups in total. The number of nitrogens with zero attached hydrogens (tertiary/aromatic N) is 3. The molecule has 28 heavy (non-hydrogen) atoms. The summed E-state index contributed by atoms with van der Waals surface area (Å²) in [5.74, 6) is -0.378. The molecule has 0 aliphatic rings. The van der Waals surface area contributed by atoms with Crippen LogP contribution in [-0.4, -0.2) is 35.3 Å². The minimum atomic E-state index is -0.228. The molecule has 0 saturated carbocycles. The van der Waals surface area contributed by atoms with Crippen LogP contribution in [0.2, 0.25) is 0 Å². The van der Waals surface area contributed by atoms with E-state index in [1.165, 1.54) is 6.20 Å². The quantitative estimate of drug-likeness (QED) is 0.656. The number of hydrogen-bond donors (Lipinski definition) is 0. The number of hydrogen-bond acceptors (Lipinski definition) is 3. The van der Waals surface area contributed by atoms with Crippen LogP contribution in [0.15, 0.2) is 79.0 Å². The third-order valence-electron chi connectivity index (χ3n) is 4.46. The summed E-state index contributed by atoms with van der Waals surface area (Å²) in [5, 5.41) is 0. The van der Waals surface area contributed by atoms with Crippen molar-refractivity contribution in [3.05, 3.63) is 95.8 Å². The van der Waals surface area contributed by atoms with E-state index in [-0.39, 0.29) is 17.5 Å². The molecule has 0 radical (unpaired) electrons. The summed E-state index contributed by atoms with van der Waals surface area (Å²) < 4.78 is 0. The smallest absolute Gasteiger partial charge is 0.276 e. The molecule has 2 amide bonds. The van der Waals surface area contributed by atoms with Crippen molar-refractivity contribution in [2.24, 2.45) is 0 Å². The summed E-state index contributed by atoms with van der Waals surface area (Å²) in [6.07, 6.45) is 1.51. The Hall–Kier alpha value is -3.47. The average molecular weight is 373 g/mol. The van der Waals surface area contributed by atoms with Crippen LogP contribution < -0.4 is 4.90 Å². The van der Waals surface area contributed by atoms with E-state index in [0.717, 1.165) is 11.3 Å². The van der Waals surface area contributed by atoms with Crippen LogP contribution >= 0.6 is 0 Å². The summed E-state index contributed by atoms with van der Waals surface area (Å²) >= 11 is 0. The highest BCUT2D eigenvalue weighted by Crippen LogP contribution is 2.17. The van der Waals surface area contributed by atoms with Gasteiger partial charge in [-0.2, -0.15) is 0 Å². The van der Waals surface area contributed by atoms with Crippen LogP contribution in [0.5, 0.6) is 0 Å². The zero-order valence-corrected chi connectivity index (χ0v) is 16.1. The van der Waals surface area contributed by atoms with Crippen LogP contribution in [0.1, 0.15) is 33.3 Å². The second-order valence-corrected chi connectivity index (χ2v) is 6.46. The molecule has 0 bridgehead atoms. The highest BCUT2D eigenvalue weighted by atomic mass is 16.2. The summed E-state index contributed by atoms with van der Waals surface area (Å²) in [6.45, 7) is 2.92. The van der Waals surface area contributed by atoms with Gasteiger partial charge >= 0.3 is 0 Å². The van der Waals surface area contributed by atoms with Gasteiger partial charge in [-0.1, -0.05) is 48.5 Å². The normalized spacial score (nSPS) is 10.4. The first-order valence-electron chi connectivity index (χ1n) is 9.22. The van der Waals surface area contributed by atoms with E-state index in [9.17, 15) is 9.59 Å². The number of carbonyl (C=O) groups is 2. The van der Waals surface area contributed by atoms with E-state index in [2.05, 4.69) is 4.98 Å². The Morgan fingerprint density at radius 2 is 1.54 bits per heavy atom. The van der Waals surface area contributed by atoms with Crippen LogP contribution in [-0.2, 0) is 6.54 Å². The maximum absolute atomic E-state index is 13.0. The van der Waals surface area contributed by atoms with Gasteiger partial charge in [0.25, 0.3) is 11.8 Å². The Bertz CT molecular complexity index is 942. The maximum Gasteiger partial charge on any atom is 0.276 e. The fourth-order valence-corrected chi connectivity index (χ4v) is 3.02. The molecule has 3 rings (SSSR count). The Morgan fingerprint density at radius 3 is 2.18 bits per heavy atom. The van der Waals surface area contributed by atoms with Gasteiger partial charge in [-0.3, -0.25) is 14.6 Å². The molecule has 0 unspecified atom stereocenters. The molecule has 2 aromatic carbocycles. The van der Waals surface area contributed by atoms with Crippen LogP contribution in [0.4, 0.5) is 5.69 Å². The van der Waals surface area contributed by atoms with E-state index >= 15 is 0 Å². The van der Waals surface area contributed by atoms with Crippen molar-refractivity contribution in [3.63, 3.8) is 0 Å². The van der Waals surface area contributed by atoms with Crippen LogP contribution in [0.3, 0.4) is 0 Å². The first kappa shape index (κ1) is 19.3. The highest BCUT2D eigenvalue weighted by molar-refractivity contribution is 6.06. The minimum absolute atomic E-state index is 0.150. The van der Waals surface area contributed by atoms with Crippen molar-refractivity contribution in [2.75, 3.05) is 18.5 Å². The number of anilines is 1. The van der Waals surface area contributed by atoms with E-state index in [4.69, 9.17) is 0 Å². The largest absolute Gasteiger partial charge is 0.337 e. The molecule has 1 aromatic heterocycles. The molecule has 0 fully saturated rings. The molecule has 1 heterocycles. The first-order valence-corrected chi connectivity index (χ1v) is 9.22. The molecular weight excluding hydrogens is 350 g/mol. The lowest BCUT2D eigenvalue weighted by molar-refractivity contribution is 0.0785. The van der Waals surface area contributed by atoms with Gasteiger partial charge < -0.3 is 9.80 Å². The number of rotatable bonds is 6. The van der Waals surface area contributed by atoms with E-state index in [1.807, 2.05) is 67.6 Å². The number of aromatic nitrogens is 1. The van der Waals surface area contributed by atoms with Gasteiger partial charge in [-0.15, -0.1) is 0 Å². The predicted octanol–water partition coefficient (Wildman–Crippen LogP) is 4.02. The Kier molecular flexibility index (Phi) is 6.17. The zero-order valence-electron chi connectivity index (χ0n) is 16.1. The summed E-state index contributed by atoms with van der Waals surface area (Å²) in [4.78, 5) is 33.2. The van der Waals surface area contributed by atoms with Gasteiger partial charge in [-0.05, 0) is 36.8 Å². The summed E-state index contributed by atoms with van der Waals surface area (Å²) in [5.41, 5.74) is 2.55. The minimum Gasteiger partial charge on any atom is -0.337 e. The second kappa shape index (κ2) is 8.95. The molecule has 3 aromatic rings. The van der Waals surface area contributed by atoms with Crippen LogP contribution in [0.25, 0.3) is 0 Å². The van der Waals surface area contributed by atoms with Crippen molar-refractivity contribution in [1.82, 2.24) is 9.88 Å². The van der Waals surface area contributed by atoms with E-state index in [1.54, 1.807) is 29.0 Å². The number of pyridine rings is 1. The van der Waals surface area contributed by atoms with Crippen molar-refractivity contribution in [2.45, 2.75) is 13.5 Å². The van der Waals surface area contributed by atoms with Gasteiger partial charge in [0.05, 0.1) is 0 Å². The van der Waals surface area contributed by atoms with E-state index < -0.39 is 0 Å². The van der Waals surface area contributed by atoms with Crippen molar-refractivity contribution < 1.29 is 9.59 Å².